The molecule has 0 saturated carbocycles. The number of hydrogen-bond acceptors (Lipinski definition) is 3. The molecule has 5 nitrogen and oxygen atoms in total. The van der Waals surface area contributed by atoms with Gasteiger partial charge in [-0.15, -0.1) is 0 Å². The monoisotopic (exact) mass is 313 g/mol. The molecule has 1 aromatic carbocycles. The van der Waals surface area contributed by atoms with Gasteiger partial charge in [0.2, 0.25) is 0 Å². The third-order valence-electron chi connectivity index (χ3n) is 3.08. The molecular weight excluding hydrogens is 294 g/mol. The maximum atomic E-state index is 12.2. The fourth-order valence-corrected chi connectivity index (χ4v) is 1.97. The summed E-state index contributed by atoms with van der Waals surface area (Å²) in [5.74, 6) is -0.596. The molecule has 0 saturated heterocycles. The lowest BCUT2D eigenvalue weighted by Gasteiger charge is -2.24. The van der Waals surface area contributed by atoms with Crippen molar-refractivity contribution in [3.8, 4) is 5.75 Å². The number of likely N-dealkylation sites (N-methyl/N-ethyl adjacent to an activating group) is 1. The third kappa shape index (κ3) is 5.27. The molecule has 1 amide bonds. The topological polar surface area (TPSA) is 66.8 Å². The summed E-state index contributed by atoms with van der Waals surface area (Å²) in [5.41, 5.74) is 0.868. The number of carbonyl (C=O) groups is 2. The first kappa shape index (κ1) is 17.3. The zero-order valence-corrected chi connectivity index (χ0v) is 13.2. The van der Waals surface area contributed by atoms with Crippen LogP contribution in [-0.4, -0.2) is 41.1 Å². The van der Waals surface area contributed by atoms with E-state index in [9.17, 15) is 9.59 Å². The van der Waals surface area contributed by atoms with Crippen molar-refractivity contribution in [2.75, 3.05) is 13.1 Å². The van der Waals surface area contributed by atoms with Gasteiger partial charge in [0.25, 0.3) is 5.91 Å². The van der Waals surface area contributed by atoms with Gasteiger partial charge in [0.1, 0.15) is 5.75 Å². The summed E-state index contributed by atoms with van der Waals surface area (Å²) in [6, 6.07) is 5.18. The highest BCUT2D eigenvalue weighted by Gasteiger charge is 2.21. The minimum Gasteiger partial charge on any atom is -0.481 e. The Morgan fingerprint density at radius 2 is 2.10 bits per heavy atom. The summed E-state index contributed by atoms with van der Waals surface area (Å²) in [7, 11) is 0. The Labute approximate surface area is 129 Å². The standard InChI is InChI=1S/C15H20ClNO4/c1-4-17(8-7-14(18)19)15(20)11(3)21-12-5-6-13(16)10(2)9-12/h5-6,9,11H,4,7-8H2,1-3H3,(H,18,19). The molecular formula is C15H20ClNO4. The van der Waals surface area contributed by atoms with Crippen molar-refractivity contribution < 1.29 is 19.4 Å². The minimum atomic E-state index is -0.928. The lowest BCUT2D eigenvalue weighted by Crippen LogP contribution is -2.41. The van der Waals surface area contributed by atoms with Crippen LogP contribution in [0.5, 0.6) is 5.75 Å². The Morgan fingerprint density at radius 3 is 2.62 bits per heavy atom. The van der Waals surface area contributed by atoms with Gasteiger partial charge in [-0.1, -0.05) is 11.6 Å². The SMILES string of the molecule is CCN(CCC(=O)O)C(=O)C(C)Oc1ccc(Cl)c(C)c1. The van der Waals surface area contributed by atoms with E-state index in [0.717, 1.165) is 5.56 Å². The number of carboxylic acid groups (broad SMARTS) is 1. The molecule has 0 spiro atoms. The molecule has 1 rings (SSSR count). The van der Waals surface area contributed by atoms with E-state index >= 15 is 0 Å². The molecule has 21 heavy (non-hydrogen) atoms. The van der Waals surface area contributed by atoms with E-state index in [0.29, 0.717) is 17.3 Å². The number of halogens is 1. The lowest BCUT2D eigenvalue weighted by molar-refractivity contribution is -0.140. The zero-order chi connectivity index (χ0) is 16.0. The van der Waals surface area contributed by atoms with E-state index in [4.69, 9.17) is 21.4 Å². The highest BCUT2D eigenvalue weighted by molar-refractivity contribution is 6.31. The van der Waals surface area contributed by atoms with Gasteiger partial charge in [0, 0.05) is 18.1 Å². The van der Waals surface area contributed by atoms with E-state index < -0.39 is 12.1 Å². The summed E-state index contributed by atoms with van der Waals surface area (Å²) in [6.07, 6.45) is -0.758. The van der Waals surface area contributed by atoms with Crippen LogP contribution in [0.4, 0.5) is 0 Å². The number of benzene rings is 1. The number of carboxylic acids is 1. The van der Waals surface area contributed by atoms with E-state index in [-0.39, 0.29) is 18.9 Å². The Balaban J connectivity index is 2.67. The summed E-state index contributed by atoms with van der Waals surface area (Å²) < 4.78 is 5.60. The first-order chi connectivity index (χ1) is 9.85. The Kier molecular flexibility index (Phi) is 6.49. The predicted molar refractivity (Wildman–Crippen MR) is 80.8 cm³/mol. The number of ether oxygens (including phenoxy) is 1. The maximum absolute atomic E-state index is 12.2. The Bertz CT molecular complexity index is 518. The van der Waals surface area contributed by atoms with Gasteiger partial charge in [-0.2, -0.15) is 0 Å². The van der Waals surface area contributed by atoms with Gasteiger partial charge in [-0.05, 0) is 44.5 Å². The summed E-state index contributed by atoms with van der Waals surface area (Å²) >= 11 is 5.94. The molecule has 1 atom stereocenters. The smallest absolute Gasteiger partial charge is 0.305 e. The van der Waals surface area contributed by atoms with E-state index in [1.807, 2.05) is 6.92 Å². The molecule has 116 valence electrons. The van der Waals surface area contributed by atoms with Crippen LogP contribution in [0.1, 0.15) is 25.8 Å². The number of carbonyl (C=O) groups excluding carboxylic acids is 1. The summed E-state index contributed by atoms with van der Waals surface area (Å²) in [5, 5.41) is 9.33. The molecule has 6 heteroatoms. The molecule has 0 radical (unpaired) electrons. The van der Waals surface area contributed by atoms with Crippen molar-refractivity contribution in [1.82, 2.24) is 4.90 Å². The highest BCUT2D eigenvalue weighted by Crippen LogP contribution is 2.22. The highest BCUT2D eigenvalue weighted by atomic mass is 35.5. The summed E-state index contributed by atoms with van der Waals surface area (Å²) in [6.45, 7) is 5.93. The van der Waals surface area contributed by atoms with Crippen molar-refractivity contribution in [1.29, 1.82) is 0 Å². The van der Waals surface area contributed by atoms with Crippen LogP contribution < -0.4 is 4.74 Å². The van der Waals surface area contributed by atoms with Crippen LogP contribution in [0.15, 0.2) is 18.2 Å². The second-order valence-electron chi connectivity index (χ2n) is 4.73. The minimum absolute atomic E-state index is 0.0770. The van der Waals surface area contributed by atoms with Gasteiger partial charge in [-0.25, -0.2) is 0 Å². The summed E-state index contributed by atoms with van der Waals surface area (Å²) in [4.78, 5) is 24.3. The van der Waals surface area contributed by atoms with Crippen LogP contribution in [0.25, 0.3) is 0 Å². The third-order valence-corrected chi connectivity index (χ3v) is 3.50. The molecule has 0 fully saturated rings. The van der Waals surface area contributed by atoms with Crippen LogP contribution >= 0.6 is 11.6 Å². The number of aliphatic carboxylic acids is 1. The van der Waals surface area contributed by atoms with Crippen molar-refractivity contribution in [2.24, 2.45) is 0 Å². The van der Waals surface area contributed by atoms with Gasteiger partial charge in [0.15, 0.2) is 6.10 Å². The van der Waals surface area contributed by atoms with Crippen molar-refractivity contribution in [3.63, 3.8) is 0 Å². The molecule has 0 bridgehead atoms. The average molecular weight is 314 g/mol. The van der Waals surface area contributed by atoms with Crippen molar-refractivity contribution in [3.05, 3.63) is 28.8 Å². The second-order valence-corrected chi connectivity index (χ2v) is 5.14. The number of amides is 1. The molecule has 0 aliphatic carbocycles. The van der Waals surface area contributed by atoms with Crippen LogP contribution in [0, 0.1) is 6.92 Å². The first-order valence-electron chi connectivity index (χ1n) is 6.78. The molecule has 0 heterocycles. The average Bonchev–Trinajstić information content (AvgIpc) is 2.43. The molecule has 0 aromatic heterocycles. The fourth-order valence-electron chi connectivity index (χ4n) is 1.86. The number of aryl methyl sites for hydroxylation is 1. The lowest BCUT2D eigenvalue weighted by atomic mass is 10.2. The van der Waals surface area contributed by atoms with Crippen molar-refractivity contribution in [2.45, 2.75) is 33.3 Å². The molecule has 0 aliphatic heterocycles. The molecule has 0 aliphatic rings. The largest absolute Gasteiger partial charge is 0.481 e. The Morgan fingerprint density at radius 1 is 1.43 bits per heavy atom. The van der Waals surface area contributed by atoms with Gasteiger partial charge < -0.3 is 14.7 Å². The number of rotatable bonds is 7. The van der Waals surface area contributed by atoms with Crippen LogP contribution in [0.2, 0.25) is 5.02 Å². The fraction of sp³-hybridized carbons (Fsp3) is 0.467. The second kappa shape index (κ2) is 7.88. The number of nitrogens with zero attached hydrogens (tertiary/aromatic N) is 1. The Hall–Kier alpha value is -1.75. The van der Waals surface area contributed by atoms with Crippen LogP contribution in [-0.2, 0) is 9.59 Å². The quantitative estimate of drug-likeness (QED) is 0.840. The van der Waals surface area contributed by atoms with E-state index in [2.05, 4.69) is 0 Å². The first-order valence-corrected chi connectivity index (χ1v) is 7.16. The molecule has 1 aromatic rings. The normalized spacial score (nSPS) is 11.8. The zero-order valence-electron chi connectivity index (χ0n) is 12.4. The van der Waals surface area contributed by atoms with Gasteiger partial charge >= 0.3 is 5.97 Å². The van der Waals surface area contributed by atoms with Gasteiger partial charge in [-0.3, -0.25) is 9.59 Å². The van der Waals surface area contributed by atoms with E-state index in [1.165, 1.54) is 4.90 Å². The maximum Gasteiger partial charge on any atom is 0.305 e. The van der Waals surface area contributed by atoms with E-state index in [1.54, 1.807) is 32.0 Å². The molecule has 1 N–H and O–H groups in total. The molecule has 1 unspecified atom stereocenters. The predicted octanol–water partition coefficient (Wildman–Crippen LogP) is 2.74. The number of hydrogen-bond donors (Lipinski definition) is 1. The van der Waals surface area contributed by atoms with Crippen LogP contribution in [0.3, 0.4) is 0 Å². The van der Waals surface area contributed by atoms with Gasteiger partial charge in [0.05, 0.1) is 6.42 Å². The van der Waals surface area contributed by atoms with Crippen molar-refractivity contribution >= 4 is 23.5 Å².